The van der Waals surface area contributed by atoms with Crippen molar-refractivity contribution in [2.24, 2.45) is 0 Å². The SMILES string of the molecule is O=C(c1cc(Cc2n[nH]c(=O)c3ccccc23)cc2c1OCC2)N1CCS(=O)(=O)CC1. The fraction of sp³-hybridized carbons (Fsp3) is 0.318. The molecule has 0 unspecified atom stereocenters. The summed E-state index contributed by atoms with van der Waals surface area (Å²) in [7, 11) is -3.08. The second-order valence-corrected chi connectivity index (χ2v) is 10.2. The number of hydrogen-bond donors (Lipinski definition) is 1. The first-order valence-corrected chi connectivity index (χ1v) is 12.0. The van der Waals surface area contributed by atoms with Gasteiger partial charge in [0.05, 0.1) is 34.8 Å². The van der Waals surface area contributed by atoms with Crippen LogP contribution in [0.4, 0.5) is 0 Å². The topological polar surface area (TPSA) is 109 Å². The number of hydrogen-bond acceptors (Lipinski definition) is 6. The molecular weight excluding hydrogens is 418 g/mol. The highest BCUT2D eigenvalue weighted by atomic mass is 32.2. The van der Waals surface area contributed by atoms with Crippen LogP contribution in [0.25, 0.3) is 10.8 Å². The molecule has 1 aromatic heterocycles. The van der Waals surface area contributed by atoms with Gasteiger partial charge in [-0.25, -0.2) is 13.5 Å². The number of carbonyl (C=O) groups excluding carboxylic acids is 1. The molecule has 8 nitrogen and oxygen atoms in total. The predicted octanol–water partition coefficient (Wildman–Crippen LogP) is 1.32. The summed E-state index contributed by atoms with van der Waals surface area (Å²) in [5.41, 5.74) is 2.79. The van der Waals surface area contributed by atoms with E-state index in [0.29, 0.717) is 36.1 Å². The van der Waals surface area contributed by atoms with E-state index < -0.39 is 9.84 Å². The van der Waals surface area contributed by atoms with Crippen LogP contribution in [0.5, 0.6) is 5.75 Å². The Morgan fingerprint density at radius 2 is 1.87 bits per heavy atom. The molecule has 160 valence electrons. The second kappa shape index (κ2) is 7.49. The number of fused-ring (bicyclic) bond motifs is 2. The number of sulfone groups is 1. The van der Waals surface area contributed by atoms with Crippen LogP contribution in [0, 0.1) is 0 Å². The molecule has 0 bridgehead atoms. The summed E-state index contributed by atoms with van der Waals surface area (Å²) in [5.74, 6) is 0.333. The smallest absolute Gasteiger partial charge is 0.272 e. The van der Waals surface area contributed by atoms with Crippen LogP contribution in [0.2, 0.25) is 0 Å². The van der Waals surface area contributed by atoms with Gasteiger partial charge >= 0.3 is 0 Å². The van der Waals surface area contributed by atoms with Gasteiger partial charge in [-0.05, 0) is 23.3 Å². The summed E-state index contributed by atoms with van der Waals surface area (Å²) in [6.45, 7) is 0.881. The number of carbonyl (C=O) groups is 1. The Morgan fingerprint density at radius 1 is 1.13 bits per heavy atom. The fourth-order valence-electron chi connectivity index (χ4n) is 4.22. The van der Waals surface area contributed by atoms with Crippen LogP contribution >= 0.6 is 0 Å². The summed E-state index contributed by atoms with van der Waals surface area (Å²) in [6.07, 6.45) is 1.15. The maximum absolute atomic E-state index is 13.2. The van der Waals surface area contributed by atoms with Gasteiger partial charge in [0.15, 0.2) is 9.84 Å². The normalized spacial score (nSPS) is 17.4. The summed E-state index contributed by atoms with van der Waals surface area (Å²) in [6, 6.07) is 11.1. The minimum absolute atomic E-state index is 0.0191. The van der Waals surface area contributed by atoms with Gasteiger partial charge in [-0.15, -0.1) is 0 Å². The van der Waals surface area contributed by atoms with Crippen molar-refractivity contribution >= 4 is 26.5 Å². The molecule has 0 atom stereocenters. The van der Waals surface area contributed by atoms with Crippen molar-refractivity contribution in [1.29, 1.82) is 0 Å². The van der Waals surface area contributed by atoms with Gasteiger partial charge in [0.2, 0.25) is 0 Å². The highest BCUT2D eigenvalue weighted by Gasteiger charge is 2.30. The minimum Gasteiger partial charge on any atom is -0.492 e. The highest BCUT2D eigenvalue weighted by Crippen LogP contribution is 2.33. The molecular formula is C22H21N3O5S. The Balaban J connectivity index is 1.51. The lowest BCUT2D eigenvalue weighted by Gasteiger charge is -2.27. The van der Waals surface area contributed by atoms with Crippen LogP contribution in [0.1, 0.15) is 27.2 Å². The second-order valence-electron chi connectivity index (χ2n) is 7.90. The molecule has 2 aliphatic rings. The third kappa shape index (κ3) is 3.69. The average Bonchev–Trinajstić information content (AvgIpc) is 3.23. The first-order valence-electron chi connectivity index (χ1n) is 10.2. The van der Waals surface area contributed by atoms with Crippen LogP contribution in [-0.4, -0.2) is 60.6 Å². The molecule has 0 spiro atoms. The number of aromatic nitrogens is 2. The summed E-state index contributed by atoms with van der Waals surface area (Å²) < 4.78 is 29.2. The van der Waals surface area contributed by atoms with Crippen LogP contribution in [0.15, 0.2) is 41.2 Å². The van der Waals surface area contributed by atoms with Gasteiger partial charge in [-0.2, -0.15) is 5.10 Å². The molecule has 0 saturated carbocycles. The van der Waals surface area contributed by atoms with E-state index in [1.54, 1.807) is 17.0 Å². The van der Waals surface area contributed by atoms with E-state index in [0.717, 1.165) is 22.2 Å². The van der Waals surface area contributed by atoms with Crippen molar-refractivity contribution in [3.63, 3.8) is 0 Å². The number of amides is 1. The molecule has 3 aromatic rings. The van der Waals surface area contributed by atoms with Crippen molar-refractivity contribution in [3.8, 4) is 5.75 Å². The maximum Gasteiger partial charge on any atom is 0.272 e. The van der Waals surface area contributed by atoms with Crippen molar-refractivity contribution < 1.29 is 17.9 Å². The van der Waals surface area contributed by atoms with E-state index >= 15 is 0 Å². The van der Waals surface area contributed by atoms with Crippen molar-refractivity contribution in [3.05, 3.63) is 69.1 Å². The van der Waals surface area contributed by atoms with Crippen molar-refractivity contribution in [1.82, 2.24) is 15.1 Å². The third-order valence-electron chi connectivity index (χ3n) is 5.85. The Hall–Kier alpha value is -3.20. The average molecular weight is 439 g/mol. The summed E-state index contributed by atoms with van der Waals surface area (Å²) in [4.78, 5) is 26.9. The molecule has 2 aromatic carbocycles. The minimum atomic E-state index is -3.08. The van der Waals surface area contributed by atoms with Gasteiger partial charge in [0.25, 0.3) is 11.5 Å². The molecule has 5 rings (SSSR count). The zero-order chi connectivity index (χ0) is 21.6. The molecule has 3 heterocycles. The van der Waals surface area contributed by atoms with Crippen molar-refractivity contribution in [2.75, 3.05) is 31.2 Å². The molecule has 31 heavy (non-hydrogen) atoms. The number of rotatable bonds is 3. The molecule has 1 N–H and O–H groups in total. The van der Waals surface area contributed by atoms with Gasteiger partial charge < -0.3 is 9.64 Å². The quantitative estimate of drug-likeness (QED) is 0.659. The van der Waals surface area contributed by atoms with Crippen molar-refractivity contribution in [2.45, 2.75) is 12.8 Å². The Kier molecular flexibility index (Phi) is 4.77. The Morgan fingerprint density at radius 3 is 2.65 bits per heavy atom. The van der Waals surface area contributed by atoms with Gasteiger partial charge in [-0.3, -0.25) is 9.59 Å². The van der Waals surface area contributed by atoms with Gasteiger partial charge in [0, 0.05) is 31.3 Å². The van der Waals surface area contributed by atoms with Crippen LogP contribution in [-0.2, 0) is 22.7 Å². The Bertz CT molecular complexity index is 1350. The number of ether oxygens (including phenoxy) is 1. The molecule has 0 radical (unpaired) electrons. The number of nitrogens with zero attached hydrogens (tertiary/aromatic N) is 2. The van der Waals surface area contributed by atoms with Crippen LogP contribution in [0.3, 0.4) is 0 Å². The van der Waals surface area contributed by atoms with Gasteiger partial charge in [-0.1, -0.05) is 24.3 Å². The van der Waals surface area contributed by atoms with E-state index in [9.17, 15) is 18.0 Å². The summed E-state index contributed by atoms with van der Waals surface area (Å²) in [5, 5.41) is 8.14. The number of benzene rings is 2. The third-order valence-corrected chi connectivity index (χ3v) is 7.46. The summed E-state index contributed by atoms with van der Waals surface area (Å²) >= 11 is 0. The van der Waals surface area contributed by atoms with Crippen LogP contribution < -0.4 is 10.3 Å². The van der Waals surface area contributed by atoms with E-state index in [1.165, 1.54) is 0 Å². The first kappa shape index (κ1) is 19.7. The van der Waals surface area contributed by atoms with E-state index in [1.807, 2.05) is 24.3 Å². The lowest BCUT2D eigenvalue weighted by atomic mass is 9.98. The standard InChI is InChI=1S/C22H21N3O5S/c26-21-17-4-2-1-3-16(17)19(23-24-21)13-14-11-15-5-8-30-20(15)18(12-14)22(27)25-6-9-31(28,29)10-7-25/h1-4,11-12H,5-10,13H2,(H,24,26). The highest BCUT2D eigenvalue weighted by molar-refractivity contribution is 7.91. The maximum atomic E-state index is 13.2. The Labute approximate surface area is 178 Å². The largest absolute Gasteiger partial charge is 0.492 e. The van der Waals surface area contributed by atoms with Gasteiger partial charge in [0.1, 0.15) is 5.75 Å². The zero-order valence-electron chi connectivity index (χ0n) is 16.8. The fourth-order valence-corrected chi connectivity index (χ4v) is 5.42. The lowest BCUT2D eigenvalue weighted by molar-refractivity contribution is 0.0766. The lowest BCUT2D eigenvalue weighted by Crippen LogP contribution is -2.43. The molecule has 1 saturated heterocycles. The number of nitrogens with one attached hydrogen (secondary N) is 1. The molecule has 0 aliphatic carbocycles. The zero-order valence-corrected chi connectivity index (χ0v) is 17.6. The van der Waals surface area contributed by atoms with E-state index in [-0.39, 0.29) is 36.1 Å². The molecule has 2 aliphatic heterocycles. The monoisotopic (exact) mass is 439 g/mol. The molecule has 1 fully saturated rings. The first-order chi connectivity index (χ1) is 14.9. The molecule has 1 amide bonds. The predicted molar refractivity (Wildman–Crippen MR) is 115 cm³/mol. The van der Waals surface area contributed by atoms with E-state index in [2.05, 4.69) is 10.2 Å². The number of aromatic amines is 1. The number of H-pyrrole nitrogens is 1. The van der Waals surface area contributed by atoms with E-state index in [4.69, 9.17) is 4.74 Å². The molecule has 9 heteroatoms.